The second kappa shape index (κ2) is 14.3. The van der Waals surface area contributed by atoms with Crippen LogP contribution in [0.15, 0.2) is 233 Å². The summed E-state index contributed by atoms with van der Waals surface area (Å²) in [5.41, 5.74) is 16.0. The van der Waals surface area contributed by atoms with Crippen LogP contribution in [0.5, 0.6) is 0 Å². The predicted octanol–water partition coefficient (Wildman–Crippen LogP) is 16.8. The Morgan fingerprint density at radius 1 is 0.262 bits per heavy atom. The standard InChI is InChI=1S/C58H37NO2/c1-2-10-42-36-45(20-19-38(42)9-1)44-12-7-11-43(35-44)39-21-28-47(29-22-39)59(48-30-23-40(24-31-48)46-27-34-57-54(37-46)52-14-4-5-17-55(52)60-57)49-32-25-41(26-33-49)50-15-8-16-53-51-13-3-6-18-56(51)61-58(50)53/h1-37H. The summed E-state index contributed by atoms with van der Waals surface area (Å²) in [4.78, 5) is 2.33. The smallest absolute Gasteiger partial charge is 0.143 e. The summed E-state index contributed by atoms with van der Waals surface area (Å²) in [6, 6.07) is 80.1. The Morgan fingerprint density at radius 3 is 1.44 bits per heavy atom. The molecule has 0 saturated carbocycles. The summed E-state index contributed by atoms with van der Waals surface area (Å²) in [5.74, 6) is 0. The van der Waals surface area contributed by atoms with Gasteiger partial charge in [0.15, 0.2) is 0 Å². The van der Waals surface area contributed by atoms with Crippen LogP contribution in [0.3, 0.4) is 0 Å². The van der Waals surface area contributed by atoms with Crippen LogP contribution in [0.1, 0.15) is 0 Å². The molecule has 12 rings (SSSR count). The molecule has 0 amide bonds. The van der Waals surface area contributed by atoms with Crippen molar-refractivity contribution in [3.63, 3.8) is 0 Å². The topological polar surface area (TPSA) is 29.5 Å². The Bertz CT molecular complexity index is 3580. The molecular formula is C58H37NO2. The molecule has 2 aromatic heterocycles. The molecule has 0 fully saturated rings. The van der Waals surface area contributed by atoms with Gasteiger partial charge in [-0.05, 0) is 123 Å². The number of furan rings is 2. The van der Waals surface area contributed by atoms with Gasteiger partial charge < -0.3 is 13.7 Å². The van der Waals surface area contributed by atoms with E-state index in [1.807, 2.05) is 24.3 Å². The van der Waals surface area contributed by atoms with E-state index in [1.54, 1.807) is 0 Å². The first kappa shape index (κ1) is 34.9. The fourth-order valence-corrected chi connectivity index (χ4v) is 8.97. The Morgan fingerprint density at radius 2 is 0.738 bits per heavy atom. The van der Waals surface area contributed by atoms with E-state index in [2.05, 4.69) is 205 Å². The van der Waals surface area contributed by atoms with E-state index in [-0.39, 0.29) is 0 Å². The van der Waals surface area contributed by atoms with Crippen LogP contribution in [-0.4, -0.2) is 0 Å². The van der Waals surface area contributed by atoms with Gasteiger partial charge in [0, 0.05) is 44.2 Å². The zero-order chi connectivity index (χ0) is 40.3. The van der Waals surface area contributed by atoms with E-state index in [1.165, 1.54) is 27.5 Å². The zero-order valence-electron chi connectivity index (χ0n) is 33.1. The van der Waals surface area contributed by atoms with Crippen molar-refractivity contribution >= 4 is 71.7 Å². The molecule has 0 spiro atoms. The van der Waals surface area contributed by atoms with Gasteiger partial charge in [0.1, 0.15) is 22.3 Å². The molecule has 10 aromatic carbocycles. The van der Waals surface area contributed by atoms with Gasteiger partial charge in [0.2, 0.25) is 0 Å². The number of para-hydroxylation sites is 3. The number of nitrogens with zero attached hydrogens (tertiary/aromatic N) is 1. The first-order valence-corrected chi connectivity index (χ1v) is 20.7. The molecule has 12 aromatic rings. The van der Waals surface area contributed by atoms with E-state index < -0.39 is 0 Å². The highest BCUT2D eigenvalue weighted by atomic mass is 16.3. The van der Waals surface area contributed by atoms with Crippen LogP contribution in [0.4, 0.5) is 17.1 Å². The summed E-state index contributed by atoms with van der Waals surface area (Å²) < 4.78 is 12.6. The third-order valence-electron chi connectivity index (χ3n) is 12.1. The Labute approximate surface area is 353 Å². The van der Waals surface area contributed by atoms with E-state index >= 15 is 0 Å². The molecule has 286 valence electrons. The average molecular weight is 780 g/mol. The van der Waals surface area contributed by atoms with Crippen LogP contribution in [-0.2, 0) is 0 Å². The number of hydrogen-bond donors (Lipinski definition) is 0. The lowest BCUT2D eigenvalue weighted by Crippen LogP contribution is -2.09. The molecule has 0 radical (unpaired) electrons. The van der Waals surface area contributed by atoms with Crippen LogP contribution in [0.2, 0.25) is 0 Å². The zero-order valence-corrected chi connectivity index (χ0v) is 33.1. The molecule has 0 atom stereocenters. The van der Waals surface area contributed by atoms with Gasteiger partial charge in [0.25, 0.3) is 0 Å². The summed E-state index contributed by atoms with van der Waals surface area (Å²) in [5, 5.41) is 7.01. The van der Waals surface area contributed by atoms with Gasteiger partial charge >= 0.3 is 0 Å². The van der Waals surface area contributed by atoms with E-state index in [4.69, 9.17) is 8.83 Å². The fraction of sp³-hybridized carbons (Fsp3) is 0. The first-order chi connectivity index (χ1) is 30.2. The molecule has 0 aliphatic heterocycles. The van der Waals surface area contributed by atoms with Crippen molar-refractivity contribution in [2.24, 2.45) is 0 Å². The largest absolute Gasteiger partial charge is 0.456 e. The maximum absolute atomic E-state index is 6.42. The normalized spacial score (nSPS) is 11.6. The first-order valence-electron chi connectivity index (χ1n) is 20.7. The minimum Gasteiger partial charge on any atom is -0.456 e. The van der Waals surface area contributed by atoms with Crippen LogP contribution < -0.4 is 4.90 Å². The van der Waals surface area contributed by atoms with Crippen molar-refractivity contribution in [3.8, 4) is 44.5 Å². The van der Waals surface area contributed by atoms with E-state index in [0.717, 1.165) is 88.8 Å². The SMILES string of the molecule is c1cc(-c2ccc(N(c3ccc(-c4ccc5oc6ccccc6c5c4)cc3)c3ccc(-c4cccc5c4oc4ccccc45)cc3)cc2)cc(-c2ccc3ccccc3c2)c1. The van der Waals surface area contributed by atoms with Crippen molar-refractivity contribution < 1.29 is 8.83 Å². The van der Waals surface area contributed by atoms with E-state index in [0.29, 0.717) is 0 Å². The van der Waals surface area contributed by atoms with Gasteiger partial charge in [-0.25, -0.2) is 0 Å². The molecular weight excluding hydrogens is 743 g/mol. The van der Waals surface area contributed by atoms with Gasteiger partial charge in [-0.15, -0.1) is 0 Å². The Hall–Kier alpha value is -8.14. The van der Waals surface area contributed by atoms with Crippen LogP contribution in [0.25, 0.3) is 99.2 Å². The van der Waals surface area contributed by atoms with Crippen molar-refractivity contribution in [2.75, 3.05) is 4.90 Å². The molecule has 2 heterocycles. The molecule has 61 heavy (non-hydrogen) atoms. The lowest BCUT2D eigenvalue weighted by Gasteiger charge is -2.26. The minimum absolute atomic E-state index is 0.900. The predicted molar refractivity (Wildman–Crippen MR) is 255 cm³/mol. The van der Waals surface area contributed by atoms with Crippen LogP contribution >= 0.6 is 0 Å². The lowest BCUT2D eigenvalue weighted by atomic mass is 9.97. The summed E-state index contributed by atoms with van der Waals surface area (Å²) >= 11 is 0. The summed E-state index contributed by atoms with van der Waals surface area (Å²) in [6.45, 7) is 0. The number of fused-ring (bicyclic) bond motifs is 7. The van der Waals surface area contributed by atoms with Crippen molar-refractivity contribution in [3.05, 3.63) is 224 Å². The molecule has 0 unspecified atom stereocenters. The number of anilines is 3. The van der Waals surface area contributed by atoms with Crippen molar-refractivity contribution in [2.45, 2.75) is 0 Å². The molecule has 0 N–H and O–H groups in total. The minimum atomic E-state index is 0.900. The summed E-state index contributed by atoms with van der Waals surface area (Å²) in [6.07, 6.45) is 0. The third-order valence-corrected chi connectivity index (χ3v) is 12.1. The highest BCUT2D eigenvalue weighted by molar-refractivity contribution is 6.10. The monoisotopic (exact) mass is 779 g/mol. The summed E-state index contributed by atoms with van der Waals surface area (Å²) in [7, 11) is 0. The number of rotatable bonds is 7. The van der Waals surface area contributed by atoms with Crippen molar-refractivity contribution in [1.29, 1.82) is 0 Å². The molecule has 0 saturated heterocycles. The Balaban J connectivity index is 0.914. The Kier molecular flexibility index (Phi) is 8.17. The highest BCUT2D eigenvalue weighted by Gasteiger charge is 2.17. The average Bonchev–Trinajstić information content (AvgIpc) is 3.91. The molecule has 0 bridgehead atoms. The third kappa shape index (κ3) is 6.14. The molecule has 0 aliphatic rings. The lowest BCUT2D eigenvalue weighted by molar-refractivity contribution is 0.669. The van der Waals surface area contributed by atoms with Gasteiger partial charge in [0.05, 0.1) is 0 Å². The van der Waals surface area contributed by atoms with Crippen molar-refractivity contribution in [1.82, 2.24) is 0 Å². The molecule has 3 heteroatoms. The van der Waals surface area contributed by atoms with Gasteiger partial charge in [-0.3, -0.25) is 0 Å². The number of benzene rings is 10. The van der Waals surface area contributed by atoms with Gasteiger partial charge in [-0.1, -0.05) is 152 Å². The maximum Gasteiger partial charge on any atom is 0.143 e. The second-order valence-corrected chi connectivity index (χ2v) is 15.7. The van der Waals surface area contributed by atoms with Crippen LogP contribution in [0, 0.1) is 0 Å². The molecule has 3 nitrogen and oxygen atoms in total. The molecule has 0 aliphatic carbocycles. The number of hydrogen-bond acceptors (Lipinski definition) is 3. The quantitative estimate of drug-likeness (QED) is 0.161. The van der Waals surface area contributed by atoms with Gasteiger partial charge in [-0.2, -0.15) is 0 Å². The van der Waals surface area contributed by atoms with E-state index in [9.17, 15) is 0 Å². The second-order valence-electron chi connectivity index (χ2n) is 15.7. The maximum atomic E-state index is 6.42. The fourth-order valence-electron chi connectivity index (χ4n) is 8.97. The highest BCUT2D eigenvalue weighted by Crippen LogP contribution is 2.41.